The normalized spacial score (nSPS) is 18.2. The van der Waals surface area contributed by atoms with Gasteiger partial charge in [0.05, 0.1) is 23.1 Å². The van der Waals surface area contributed by atoms with Gasteiger partial charge in [0.15, 0.2) is 9.84 Å². The van der Waals surface area contributed by atoms with Gasteiger partial charge >= 0.3 is 0 Å². The lowest BCUT2D eigenvalue weighted by Gasteiger charge is -2.31. The highest BCUT2D eigenvalue weighted by Crippen LogP contribution is 2.43. The van der Waals surface area contributed by atoms with Crippen molar-refractivity contribution in [3.8, 4) is 11.1 Å². The zero-order chi connectivity index (χ0) is 26.6. The molecule has 1 aliphatic carbocycles. The maximum atomic E-state index is 13.8. The first kappa shape index (κ1) is 24.2. The van der Waals surface area contributed by atoms with Crippen molar-refractivity contribution in [2.45, 2.75) is 12.5 Å². The van der Waals surface area contributed by atoms with Crippen LogP contribution in [0.2, 0.25) is 0 Å². The van der Waals surface area contributed by atoms with Gasteiger partial charge in [-0.2, -0.15) is 0 Å². The van der Waals surface area contributed by atoms with Crippen molar-refractivity contribution in [1.29, 1.82) is 0 Å². The first-order valence-corrected chi connectivity index (χ1v) is 14.5. The third-order valence-electron chi connectivity index (χ3n) is 7.33. The molecule has 0 bridgehead atoms. The van der Waals surface area contributed by atoms with Crippen LogP contribution in [0.5, 0.6) is 0 Å². The lowest BCUT2D eigenvalue weighted by molar-refractivity contribution is 0.0793. The predicted molar refractivity (Wildman–Crippen MR) is 149 cm³/mol. The number of nitrogens with one attached hydrogen (secondary N) is 1. The Morgan fingerprint density at radius 1 is 1.03 bits per heavy atom. The van der Waals surface area contributed by atoms with E-state index in [4.69, 9.17) is 0 Å². The summed E-state index contributed by atoms with van der Waals surface area (Å²) in [5.41, 5.74) is 6.36. The van der Waals surface area contributed by atoms with Crippen LogP contribution in [-0.2, 0) is 16.9 Å². The molecule has 0 spiro atoms. The highest BCUT2D eigenvalue weighted by molar-refractivity contribution is 7.91. The average Bonchev–Trinajstić information content (AvgIpc) is 3.21. The molecule has 2 aliphatic heterocycles. The van der Waals surface area contributed by atoms with Gasteiger partial charge < -0.3 is 14.8 Å². The highest BCUT2D eigenvalue weighted by Gasteiger charge is 2.40. The Bertz CT molecular complexity index is 1730. The van der Waals surface area contributed by atoms with E-state index in [1.165, 1.54) is 10.8 Å². The number of amides is 1. The van der Waals surface area contributed by atoms with Crippen LogP contribution in [0.3, 0.4) is 0 Å². The van der Waals surface area contributed by atoms with Crippen molar-refractivity contribution in [2.24, 2.45) is 7.05 Å². The van der Waals surface area contributed by atoms with E-state index in [1.54, 1.807) is 30.4 Å². The average molecular weight is 526 g/mol. The molecule has 1 unspecified atom stereocenters. The summed E-state index contributed by atoms with van der Waals surface area (Å²) in [5.74, 6) is -0.340. The van der Waals surface area contributed by atoms with Gasteiger partial charge in [0, 0.05) is 43.4 Å². The molecule has 0 saturated carbocycles. The van der Waals surface area contributed by atoms with E-state index in [9.17, 15) is 18.0 Å². The summed E-state index contributed by atoms with van der Waals surface area (Å²) < 4.78 is 26.2. The molecular formula is C30H27N3O4S. The quantitative estimate of drug-likeness (QED) is 0.562. The molecule has 2 aromatic carbocycles. The molecule has 3 aromatic rings. The van der Waals surface area contributed by atoms with Gasteiger partial charge in [-0.1, -0.05) is 42.5 Å². The van der Waals surface area contributed by atoms with Crippen molar-refractivity contribution < 1.29 is 13.2 Å². The van der Waals surface area contributed by atoms with Crippen molar-refractivity contribution in [3.05, 3.63) is 117 Å². The summed E-state index contributed by atoms with van der Waals surface area (Å²) in [4.78, 5) is 28.9. The zero-order valence-electron chi connectivity index (χ0n) is 21.1. The van der Waals surface area contributed by atoms with E-state index >= 15 is 0 Å². The maximum Gasteiger partial charge on any atom is 0.260 e. The number of carbonyl (C=O) groups is 1. The number of hydrogen-bond acceptors (Lipinski definition) is 5. The Labute approximate surface area is 221 Å². The van der Waals surface area contributed by atoms with Gasteiger partial charge in [-0.05, 0) is 58.5 Å². The first-order valence-electron chi connectivity index (χ1n) is 12.5. The van der Waals surface area contributed by atoms with Gasteiger partial charge in [-0.25, -0.2) is 8.42 Å². The van der Waals surface area contributed by atoms with Crippen LogP contribution >= 0.6 is 0 Å². The molecule has 192 valence electrons. The summed E-state index contributed by atoms with van der Waals surface area (Å²) >= 11 is 0. The van der Waals surface area contributed by atoms with Crippen molar-refractivity contribution in [3.63, 3.8) is 0 Å². The molecule has 0 fully saturated rings. The summed E-state index contributed by atoms with van der Waals surface area (Å²) in [6.07, 6.45) is 7.15. The number of allylic oxidation sites excluding steroid dienone is 1. The molecule has 0 radical (unpaired) electrons. The van der Waals surface area contributed by atoms with E-state index in [1.807, 2.05) is 60.7 Å². The van der Waals surface area contributed by atoms with Crippen molar-refractivity contribution >= 4 is 27.0 Å². The molecule has 1 amide bonds. The summed E-state index contributed by atoms with van der Waals surface area (Å²) in [7, 11) is -1.70. The topological polar surface area (TPSA) is 88.5 Å². The number of nitrogens with zero attached hydrogens (tertiary/aromatic N) is 2. The molecule has 8 heteroatoms. The lowest BCUT2D eigenvalue weighted by Crippen LogP contribution is -2.41. The number of hydrogen-bond donors (Lipinski definition) is 1. The second-order valence-corrected chi connectivity index (χ2v) is 12.2. The number of fused-ring (bicyclic) bond motifs is 2. The third kappa shape index (κ3) is 4.11. The zero-order valence-corrected chi connectivity index (χ0v) is 22.0. The standard InChI is InChI=1S/C30H27N3O4S/c1-32-15-13-24-23(18-38(2,36)37)16-22-17-33(25-12-14-31-28(26(22)25)27(24)30(32)35)29(34)21-10-8-20(9-11-21)19-6-4-3-5-7-19/h3-11,13,15-17,25,31H,12,14,18H2,1-2H3. The summed E-state index contributed by atoms with van der Waals surface area (Å²) in [6.45, 7) is 0.584. The number of benzene rings is 2. The molecule has 3 aliphatic rings. The molecular weight excluding hydrogens is 498 g/mol. The van der Waals surface area contributed by atoms with E-state index in [0.717, 1.165) is 22.3 Å². The van der Waals surface area contributed by atoms with Crippen LogP contribution in [0.15, 0.2) is 95.1 Å². The van der Waals surface area contributed by atoms with Gasteiger partial charge in [0.25, 0.3) is 11.5 Å². The van der Waals surface area contributed by atoms with Gasteiger partial charge in [-0.3, -0.25) is 9.59 Å². The van der Waals surface area contributed by atoms with Crippen LogP contribution in [0.1, 0.15) is 27.9 Å². The van der Waals surface area contributed by atoms with E-state index in [2.05, 4.69) is 5.32 Å². The number of aromatic nitrogens is 1. The van der Waals surface area contributed by atoms with Crippen molar-refractivity contribution in [2.75, 3.05) is 18.6 Å². The molecule has 38 heavy (non-hydrogen) atoms. The Balaban J connectivity index is 1.45. The monoisotopic (exact) mass is 525 g/mol. The molecule has 1 atom stereocenters. The minimum absolute atomic E-state index is 0.136. The molecule has 1 N–H and O–H groups in total. The summed E-state index contributed by atoms with van der Waals surface area (Å²) in [6, 6.07) is 19.1. The van der Waals surface area contributed by atoms with Crippen LogP contribution in [0.25, 0.3) is 22.4 Å². The predicted octanol–water partition coefficient (Wildman–Crippen LogP) is 3.61. The fourth-order valence-corrected chi connectivity index (χ4v) is 6.40. The number of rotatable bonds is 4. The fraction of sp³-hybridized carbons (Fsp3) is 0.200. The fourth-order valence-electron chi connectivity index (χ4n) is 5.59. The van der Waals surface area contributed by atoms with Crippen LogP contribution in [0.4, 0.5) is 0 Å². The maximum absolute atomic E-state index is 13.8. The molecule has 6 rings (SSSR count). The lowest BCUT2D eigenvalue weighted by atomic mass is 9.92. The number of aryl methyl sites for hydroxylation is 1. The number of carbonyl (C=O) groups excluding carboxylic acids is 1. The van der Waals surface area contributed by atoms with Crippen molar-refractivity contribution in [1.82, 2.24) is 14.8 Å². The van der Waals surface area contributed by atoms with Crippen LogP contribution in [-0.4, -0.2) is 48.4 Å². The Morgan fingerprint density at radius 2 is 1.74 bits per heavy atom. The second-order valence-electron chi connectivity index (χ2n) is 10.0. The second kappa shape index (κ2) is 8.99. The summed E-state index contributed by atoms with van der Waals surface area (Å²) in [5, 5.41) is 3.40. The van der Waals surface area contributed by atoms with E-state index < -0.39 is 9.84 Å². The van der Waals surface area contributed by atoms with E-state index in [-0.39, 0.29) is 23.3 Å². The van der Waals surface area contributed by atoms with Gasteiger partial charge in [0.2, 0.25) is 0 Å². The first-order chi connectivity index (χ1) is 18.2. The Kier molecular flexibility index (Phi) is 5.72. The SMILES string of the molecule is Cn1ccc2c(c1=O)C1=C3C(=CN(C(=O)c4ccc(-c5ccccc5)cc4)C3CCN1)C=C2CS(C)(=O)=O. The smallest absolute Gasteiger partial charge is 0.260 e. The molecule has 3 heterocycles. The van der Waals surface area contributed by atoms with E-state index in [0.29, 0.717) is 40.9 Å². The highest BCUT2D eigenvalue weighted by atomic mass is 32.2. The van der Waals surface area contributed by atoms with Gasteiger partial charge in [0.1, 0.15) is 0 Å². The van der Waals surface area contributed by atoms with Crippen LogP contribution in [0, 0.1) is 0 Å². The minimum Gasteiger partial charge on any atom is -0.384 e. The Hall–Kier alpha value is -4.17. The third-order valence-corrected chi connectivity index (χ3v) is 8.17. The Morgan fingerprint density at radius 3 is 2.45 bits per heavy atom. The van der Waals surface area contributed by atoms with Crippen LogP contribution < -0.4 is 10.9 Å². The molecule has 0 saturated heterocycles. The number of sulfone groups is 1. The largest absolute Gasteiger partial charge is 0.384 e. The minimum atomic E-state index is -3.38. The molecule has 7 nitrogen and oxygen atoms in total. The van der Waals surface area contributed by atoms with Gasteiger partial charge in [-0.15, -0.1) is 0 Å². The number of pyridine rings is 1. The molecule has 1 aromatic heterocycles.